The summed E-state index contributed by atoms with van der Waals surface area (Å²) in [6, 6.07) is 5.84. The Morgan fingerprint density at radius 3 is 2.50 bits per heavy atom. The summed E-state index contributed by atoms with van der Waals surface area (Å²) in [4.78, 5) is 0. The maximum absolute atomic E-state index is 12.0. The minimum atomic E-state index is -2.77. The maximum atomic E-state index is 12.0. The molecule has 4 heteroatoms. The van der Waals surface area contributed by atoms with Gasteiger partial charge >= 0.3 is 0 Å². The summed E-state index contributed by atoms with van der Waals surface area (Å²) in [6.45, 7) is 0. The molecule has 0 saturated carbocycles. The van der Waals surface area contributed by atoms with Crippen molar-refractivity contribution in [3.63, 3.8) is 0 Å². The predicted molar refractivity (Wildman–Crippen MR) is 41.8 cm³/mol. The number of hydrogen-bond acceptors (Lipinski definition) is 2. The van der Waals surface area contributed by atoms with Crippen LogP contribution in [0.15, 0.2) is 24.3 Å². The quantitative estimate of drug-likeness (QED) is 0.667. The molecule has 1 atom stereocenters. The van der Waals surface area contributed by atoms with E-state index in [1.807, 2.05) is 0 Å². The van der Waals surface area contributed by atoms with Gasteiger partial charge in [0.2, 0.25) is 0 Å². The zero-order chi connectivity index (χ0) is 9.14. The van der Waals surface area contributed by atoms with Gasteiger partial charge in [0.05, 0.1) is 0 Å². The molecule has 2 nitrogen and oxygen atoms in total. The summed E-state index contributed by atoms with van der Waals surface area (Å²) in [5, 5.41) is 8.92. The van der Waals surface area contributed by atoms with Gasteiger partial charge in [-0.15, -0.1) is 0 Å². The van der Waals surface area contributed by atoms with Crippen LogP contribution in [0.4, 0.5) is 14.5 Å². The van der Waals surface area contributed by atoms with Crippen molar-refractivity contribution in [3.8, 4) is 0 Å². The summed E-state index contributed by atoms with van der Waals surface area (Å²) < 4.78 is 23.9. The number of aliphatic hydroxyl groups excluding tert-OH is 1. The molecular weight excluding hydrogens is 164 g/mol. The van der Waals surface area contributed by atoms with Crippen molar-refractivity contribution in [2.75, 3.05) is 5.73 Å². The molecule has 0 aliphatic rings. The Kier molecular flexibility index (Phi) is 2.60. The molecule has 0 amide bonds. The molecule has 0 bridgehead atoms. The fourth-order valence-electron chi connectivity index (χ4n) is 0.888. The number of benzene rings is 1. The summed E-state index contributed by atoms with van der Waals surface area (Å²) in [6.07, 6.45) is -4.51. The van der Waals surface area contributed by atoms with E-state index in [-0.39, 0.29) is 5.56 Å². The van der Waals surface area contributed by atoms with Crippen LogP contribution in [0.1, 0.15) is 11.7 Å². The third kappa shape index (κ3) is 1.92. The third-order valence-electron chi connectivity index (χ3n) is 1.49. The fourth-order valence-corrected chi connectivity index (χ4v) is 0.888. The number of nitrogen functional groups attached to an aromatic ring is 1. The van der Waals surface area contributed by atoms with Crippen molar-refractivity contribution in [1.29, 1.82) is 0 Å². The number of alkyl halides is 2. The molecule has 0 aliphatic heterocycles. The topological polar surface area (TPSA) is 46.2 Å². The summed E-state index contributed by atoms with van der Waals surface area (Å²) in [5.41, 5.74) is 5.85. The number of aliphatic hydroxyl groups is 1. The van der Waals surface area contributed by atoms with Crippen LogP contribution in [-0.4, -0.2) is 11.5 Å². The normalized spacial score (nSPS) is 13.3. The average Bonchev–Trinajstić information content (AvgIpc) is 2.03. The van der Waals surface area contributed by atoms with Crippen molar-refractivity contribution in [2.24, 2.45) is 0 Å². The molecule has 12 heavy (non-hydrogen) atoms. The largest absolute Gasteiger partial charge is 0.399 e. The molecule has 0 aliphatic carbocycles. The van der Waals surface area contributed by atoms with Gasteiger partial charge in [0.25, 0.3) is 6.43 Å². The number of halogens is 2. The van der Waals surface area contributed by atoms with Crippen molar-refractivity contribution < 1.29 is 13.9 Å². The maximum Gasteiger partial charge on any atom is 0.268 e. The van der Waals surface area contributed by atoms with Crippen molar-refractivity contribution in [3.05, 3.63) is 29.8 Å². The second-order valence-electron chi connectivity index (χ2n) is 2.45. The first kappa shape index (κ1) is 8.93. The van der Waals surface area contributed by atoms with Crippen LogP contribution in [0.25, 0.3) is 0 Å². The summed E-state index contributed by atoms with van der Waals surface area (Å²) in [5.74, 6) is 0. The Balaban J connectivity index is 2.88. The Hall–Kier alpha value is -1.16. The Bertz CT molecular complexity index is 265. The van der Waals surface area contributed by atoms with Gasteiger partial charge in [0.15, 0.2) is 0 Å². The minimum absolute atomic E-state index is 0.144. The molecular formula is C8H9F2NO. The van der Waals surface area contributed by atoms with Crippen LogP contribution in [-0.2, 0) is 0 Å². The van der Waals surface area contributed by atoms with Crippen LogP contribution >= 0.6 is 0 Å². The summed E-state index contributed by atoms with van der Waals surface area (Å²) >= 11 is 0. The highest BCUT2D eigenvalue weighted by Crippen LogP contribution is 2.21. The number of anilines is 1. The average molecular weight is 173 g/mol. The molecule has 3 N–H and O–H groups in total. The lowest BCUT2D eigenvalue weighted by Gasteiger charge is -2.09. The van der Waals surface area contributed by atoms with E-state index >= 15 is 0 Å². The molecule has 0 spiro atoms. The fraction of sp³-hybridized carbons (Fsp3) is 0.250. The molecule has 0 aromatic heterocycles. The van der Waals surface area contributed by atoms with E-state index in [1.165, 1.54) is 18.2 Å². The highest BCUT2D eigenvalue weighted by atomic mass is 19.3. The first-order chi connectivity index (χ1) is 5.61. The first-order valence-corrected chi connectivity index (χ1v) is 3.43. The van der Waals surface area contributed by atoms with Crippen molar-refractivity contribution >= 4 is 5.69 Å². The van der Waals surface area contributed by atoms with E-state index in [0.29, 0.717) is 5.69 Å². The smallest absolute Gasteiger partial charge is 0.268 e. The Morgan fingerprint density at radius 2 is 2.00 bits per heavy atom. The molecule has 1 unspecified atom stereocenters. The molecule has 1 aromatic carbocycles. The zero-order valence-electron chi connectivity index (χ0n) is 6.24. The second-order valence-corrected chi connectivity index (χ2v) is 2.45. The molecule has 66 valence electrons. The molecule has 0 radical (unpaired) electrons. The van der Waals surface area contributed by atoms with E-state index in [4.69, 9.17) is 10.8 Å². The number of rotatable bonds is 2. The minimum Gasteiger partial charge on any atom is -0.399 e. The Labute approximate surface area is 68.6 Å². The van der Waals surface area contributed by atoms with E-state index in [0.717, 1.165) is 0 Å². The van der Waals surface area contributed by atoms with Gasteiger partial charge in [-0.1, -0.05) is 12.1 Å². The highest BCUT2D eigenvalue weighted by Gasteiger charge is 2.18. The van der Waals surface area contributed by atoms with Gasteiger partial charge in [-0.3, -0.25) is 0 Å². The van der Waals surface area contributed by atoms with Crippen molar-refractivity contribution in [2.45, 2.75) is 12.5 Å². The number of hydrogen-bond donors (Lipinski definition) is 2. The van der Waals surface area contributed by atoms with Gasteiger partial charge in [-0.25, -0.2) is 8.78 Å². The lowest BCUT2D eigenvalue weighted by Crippen LogP contribution is -2.07. The molecule has 1 aromatic rings. The zero-order valence-corrected chi connectivity index (χ0v) is 6.24. The van der Waals surface area contributed by atoms with Crippen LogP contribution in [0.3, 0.4) is 0 Å². The lowest BCUT2D eigenvalue weighted by molar-refractivity contribution is -0.00574. The van der Waals surface area contributed by atoms with E-state index < -0.39 is 12.5 Å². The van der Waals surface area contributed by atoms with Crippen LogP contribution in [0.2, 0.25) is 0 Å². The van der Waals surface area contributed by atoms with Crippen LogP contribution in [0.5, 0.6) is 0 Å². The predicted octanol–water partition coefficient (Wildman–Crippen LogP) is 1.57. The van der Waals surface area contributed by atoms with Crippen molar-refractivity contribution in [1.82, 2.24) is 0 Å². The van der Waals surface area contributed by atoms with E-state index in [9.17, 15) is 8.78 Å². The molecule has 0 heterocycles. The molecule has 1 rings (SSSR count). The van der Waals surface area contributed by atoms with Gasteiger partial charge in [0, 0.05) is 5.69 Å². The Morgan fingerprint density at radius 1 is 1.33 bits per heavy atom. The standard InChI is InChI=1S/C8H9F2NO/c9-8(10)7(12)5-2-1-3-6(11)4-5/h1-4,7-8,12H,11H2. The first-order valence-electron chi connectivity index (χ1n) is 3.43. The van der Waals surface area contributed by atoms with Crippen LogP contribution in [0, 0.1) is 0 Å². The van der Waals surface area contributed by atoms with Crippen LogP contribution < -0.4 is 5.73 Å². The van der Waals surface area contributed by atoms with E-state index in [1.54, 1.807) is 6.07 Å². The second kappa shape index (κ2) is 3.49. The van der Waals surface area contributed by atoms with Gasteiger partial charge in [-0.05, 0) is 17.7 Å². The SMILES string of the molecule is Nc1cccc(C(O)C(F)F)c1. The highest BCUT2D eigenvalue weighted by molar-refractivity contribution is 5.41. The molecule has 0 saturated heterocycles. The monoisotopic (exact) mass is 173 g/mol. The van der Waals surface area contributed by atoms with Gasteiger partial charge in [0.1, 0.15) is 6.10 Å². The van der Waals surface area contributed by atoms with Gasteiger partial charge < -0.3 is 10.8 Å². The number of nitrogens with two attached hydrogens (primary N) is 1. The third-order valence-corrected chi connectivity index (χ3v) is 1.49. The lowest BCUT2D eigenvalue weighted by atomic mass is 10.1. The van der Waals surface area contributed by atoms with E-state index in [2.05, 4.69) is 0 Å². The molecule has 0 fully saturated rings. The van der Waals surface area contributed by atoms with Gasteiger partial charge in [-0.2, -0.15) is 0 Å². The summed E-state index contributed by atoms with van der Waals surface area (Å²) in [7, 11) is 0.